The number of likely N-dealkylation sites (tertiary alicyclic amines) is 1. The quantitative estimate of drug-likeness (QED) is 0.857. The van der Waals surface area contributed by atoms with Crippen LogP contribution in [-0.4, -0.2) is 51.2 Å². The maximum absolute atomic E-state index is 12.6. The van der Waals surface area contributed by atoms with Crippen molar-refractivity contribution in [1.29, 1.82) is 0 Å². The number of nitrogens with zero attached hydrogens (tertiary/aromatic N) is 3. The number of carbonyl (C=O) groups excluding carboxylic acids is 1. The van der Waals surface area contributed by atoms with E-state index in [4.69, 9.17) is 0 Å². The summed E-state index contributed by atoms with van der Waals surface area (Å²) in [6.07, 6.45) is 1.05. The highest BCUT2D eigenvalue weighted by Crippen LogP contribution is 2.43. The predicted molar refractivity (Wildman–Crippen MR) is 87.7 cm³/mol. The van der Waals surface area contributed by atoms with Gasteiger partial charge in [0.2, 0.25) is 0 Å². The first-order valence-electron chi connectivity index (χ1n) is 9.18. The van der Waals surface area contributed by atoms with Gasteiger partial charge in [0, 0.05) is 31.1 Å². The van der Waals surface area contributed by atoms with Crippen molar-refractivity contribution in [3.05, 3.63) is 11.9 Å². The van der Waals surface area contributed by atoms with E-state index in [1.165, 1.54) is 6.20 Å². The van der Waals surface area contributed by atoms with Gasteiger partial charge in [0.15, 0.2) is 0 Å². The Kier molecular flexibility index (Phi) is 4.37. The van der Waals surface area contributed by atoms with Crippen LogP contribution in [0.3, 0.4) is 0 Å². The summed E-state index contributed by atoms with van der Waals surface area (Å²) >= 11 is 0. The number of carbonyl (C=O) groups is 1. The van der Waals surface area contributed by atoms with Crippen LogP contribution in [0.15, 0.2) is 6.20 Å². The Labute approximate surface area is 149 Å². The number of amides is 2. The number of halogens is 3. The smallest absolute Gasteiger partial charge is 0.393 e. The van der Waals surface area contributed by atoms with Crippen molar-refractivity contribution in [3.8, 4) is 0 Å². The van der Waals surface area contributed by atoms with E-state index < -0.39 is 12.7 Å². The first-order valence-corrected chi connectivity index (χ1v) is 9.18. The Bertz CT molecular complexity index is 686. The second-order valence-corrected chi connectivity index (χ2v) is 7.77. The van der Waals surface area contributed by atoms with Crippen LogP contribution in [0.5, 0.6) is 0 Å². The zero-order valence-electron chi connectivity index (χ0n) is 14.4. The summed E-state index contributed by atoms with van der Waals surface area (Å²) in [7, 11) is 0. The van der Waals surface area contributed by atoms with E-state index in [2.05, 4.69) is 10.4 Å². The third kappa shape index (κ3) is 3.67. The van der Waals surface area contributed by atoms with Gasteiger partial charge in [0.1, 0.15) is 6.54 Å². The highest BCUT2D eigenvalue weighted by molar-refractivity contribution is 5.90. The molecule has 3 aliphatic rings. The van der Waals surface area contributed by atoms with E-state index in [1.807, 2.05) is 0 Å². The molecule has 2 amide bonds. The van der Waals surface area contributed by atoms with Crippen molar-refractivity contribution in [1.82, 2.24) is 14.7 Å². The summed E-state index contributed by atoms with van der Waals surface area (Å²) in [5.74, 6) is 0.536. The highest BCUT2D eigenvalue weighted by atomic mass is 19.4. The minimum atomic E-state index is -4.35. The molecule has 2 saturated carbocycles. The number of nitrogens with one attached hydrogen (secondary N) is 1. The molecule has 9 heteroatoms. The largest absolute Gasteiger partial charge is 0.408 e. The molecule has 4 rings (SSSR count). The van der Waals surface area contributed by atoms with E-state index in [0.717, 1.165) is 36.8 Å². The van der Waals surface area contributed by atoms with Crippen molar-refractivity contribution < 1.29 is 23.1 Å². The number of aliphatic hydroxyl groups is 1. The number of hydrogen-bond acceptors (Lipinski definition) is 3. The zero-order chi connectivity index (χ0) is 18.5. The number of rotatable bonds is 3. The molecular weight excluding hydrogens is 349 g/mol. The molecule has 0 aromatic carbocycles. The van der Waals surface area contributed by atoms with Crippen molar-refractivity contribution in [3.63, 3.8) is 0 Å². The van der Waals surface area contributed by atoms with Crippen molar-refractivity contribution >= 4 is 11.7 Å². The summed E-state index contributed by atoms with van der Waals surface area (Å²) in [5.41, 5.74) is 0.913. The first-order chi connectivity index (χ1) is 12.3. The average Bonchev–Trinajstić information content (AvgIpc) is 3.16. The minimum absolute atomic E-state index is 0.102. The van der Waals surface area contributed by atoms with Crippen LogP contribution in [0, 0.1) is 11.8 Å². The van der Waals surface area contributed by atoms with Gasteiger partial charge in [-0.1, -0.05) is 6.42 Å². The maximum atomic E-state index is 12.6. The van der Waals surface area contributed by atoms with Crippen LogP contribution in [-0.2, 0) is 6.54 Å². The number of aromatic nitrogens is 2. The molecule has 0 radical (unpaired) electrons. The van der Waals surface area contributed by atoms with Crippen molar-refractivity contribution in [2.24, 2.45) is 11.8 Å². The molecule has 0 spiro atoms. The number of hydrogen-bond donors (Lipinski definition) is 2. The SMILES string of the molecule is O=C(Nc1cn(CC(F)(F)F)nc1C1CC1)N1CC2CCCC(O)C2C1. The van der Waals surface area contributed by atoms with Gasteiger partial charge in [0.25, 0.3) is 0 Å². The van der Waals surface area contributed by atoms with Gasteiger partial charge < -0.3 is 15.3 Å². The highest BCUT2D eigenvalue weighted by Gasteiger charge is 2.41. The van der Waals surface area contributed by atoms with Crippen LogP contribution in [0.1, 0.15) is 43.7 Å². The maximum Gasteiger partial charge on any atom is 0.408 e. The molecule has 2 heterocycles. The lowest BCUT2D eigenvalue weighted by atomic mass is 9.80. The van der Waals surface area contributed by atoms with Crippen LogP contribution >= 0.6 is 0 Å². The summed E-state index contributed by atoms with van der Waals surface area (Å²) in [6, 6.07) is -0.319. The lowest BCUT2D eigenvalue weighted by molar-refractivity contribution is -0.142. The summed E-state index contributed by atoms with van der Waals surface area (Å²) < 4.78 is 38.8. The molecule has 1 aliphatic heterocycles. The molecule has 144 valence electrons. The van der Waals surface area contributed by atoms with Gasteiger partial charge in [-0.15, -0.1) is 0 Å². The Morgan fingerprint density at radius 2 is 2.04 bits per heavy atom. The summed E-state index contributed by atoms with van der Waals surface area (Å²) in [4.78, 5) is 14.3. The van der Waals surface area contributed by atoms with E-state index in [9.17, 15) is 23.1 Å². The normalized spacial score (nSPS) is 28.9. The van der Waals surface area contributed by atoms with E-state index in [1.54, 1.807) is 4.90 Å². The molecule has 1 aromatic heterocycles. The molecular formula is C17H23F3N4O2. The summed E-state index contributed by atoms with van der Waals surface area (Å²) in [6.45, 7) is -0.0846. The molecule has 0 bridgehead atoms. The number of alkyl halides is 3. The fourth-order valence-corrected chi connectivity index (χ4v) is 4.26. The number of urea groups is 1. The second-order valence-electron chi connectivity index (χ2n) is 7.77. The second kappa shape index (κ2) is 6.44. The number of aliphatic hydroxyl groups excluding tert-OH is 1. The predicted octanol–water partition coefficient (Wildman–Crippen LogP) is 2.95. The van der Waals surface area contributed by atoms with Crippen LogP contribution in [0.4, 0.5) is 23.7 Å². The monoisotopic (exact) mass is 372 g/mol. The lowest BCUT2D eigenvalue weighted by Gasteiger charge is -2.28. The number of fused-ring (bicyclic) bond motifs is 1. The Morgan fingerprint density at radius 1 is 1.27 bits per heavy atom. The summed E-state index contributed by atoms with van der Waals surface area (Å²) in [5, 5.41) is 16.9. The average molecular weight is 372 g/mol. The van der Waals surface area contributed by atoms with Crippen LogP contribution in [0.25, 0.3) is 0 Å². The lowest BCUT2D eigenvalue weighted by Crippen LogP contribution is -2.34. The molecule has 2 aliphatic carbocycles. The van der Waals surface area contributed by atoms with Gasteiger partial charge in [-0.2, -0.15) is 18.3 Å². The molecule has 3 atom stereocenters. The first kappa shape index (κ1) is 17.6. The number of anilines is 1. The van der Waals surface area contributed by atoms with Gasteiger partial charge in [-0.3, -0.25) is 4.68 Å². The fourth-order valence-electron chi connectivity index (χ4n) is 4.26. The van der Waals surface area contributed by atoms with Gasteiger partial charge in [0.05, 0.1) is 17.5 Å². The molecule has 3 unspecified atom stereocenters. The molecule has 2 N–H and O–H groups in total. The zero-order valence-corrected chi connectivity index (χ0v) is 14.4. The molecule has 3 fully saturated rings. The van der Waals surface area contributed by atoms with Crippen molar-refractivity contribution in [2.75, 3.05) is 18.4 Å². The Morgan fingerprint density at radius 3 is 2.69 bits per heavy atom. The van der Waals surface area contributed by atoms with Crippen LogP contribution in [0.2, 0.25) is 0 Å². The van der Waals surface area contributed by atoms with E-state index in [-0.39, 0.29) is 24.0 Å². The molecule has 26 heavy (non-hydrogen) atoms. The Hall–Kier alpha value is -1.77. The topological polar surface area (TPSA) is 70.4 Å². The molecule has 1 saturated heterocycles. The van der Waals surface area contributed by atoms with E-state index >= 15 is 0 Å². The van der Waals surface area contributed by atoms with Gasteiger partial charge in [-0.05, 0) is 31.6 Å². The minimum Gasteiger partial charge on any atom is -0.393 e. The Balaban J connectivity index is 1.46. The van der Waals surface area contributed by atoms with Crippen LogP contribution < -0.4 is 5.32 Å². The van der Waals surface area contributed by atoms with Gasteiger partial charge >= 0.3 is 12.2 Å². The van der Waals surface area contributed by atoms with E-state index in [0.29, 0.717) is 30.4 Å². The van der Waals surface area contributed by atoms with Gasteiger partial charge in [-0.25, -0.2) is 4.79 Å². The third-order valence-electron chi connectivity index (χ3n) is 5.69. The standard InChI is InChI=1S/C17H23F3N4O2/c18-17(19,20)9-24-8-13(15(22-24)10-4-5-10)21-16(26)23-6-11-2-1-3-14(25)12(11)7-23/h8,10-12,14,25H,1-7,9H2,(H,21,26). The third-order valence-corrected chi connectivity index (χ3v) is 5.69. The molecule has 1 aromatic rings. The molecule has 6 nitrogen and oxygen atoms in total. The van der Waals surface area contributed by atoms with Crippen molar-refractivity contribution in [2.45, 2.75) is 56.8 Å². The fraction of sp³-hybridized carbons (Fsp3) is 0.765.